The third-order valence-electron chi connectivity index (χ3n) is 5.54. The molecule has 3 rings (SSSR count). The molecule has 7 heteroatoms. The average molecular weight is 424 g/mol. The van der Waals surface area contributed by atoms with Gasteiger partial charge in [-0.15, -0.1) is 0 Å². The third kappa shape index (κ3) is 5.70. The van der Waals surface area contributed by atoms with Crippen LogP contribution in [0.1, 0.15) is 41.0 Å². The molecule has 2 N–H and O–H groups in total. The Hall–Kier alpha value is -3.19. The zero-order valence-electron chi connectivity index (χ0n) is 18.0. The van der Waals surface area contributed by atoms with Crippen molar-refractivity contribution >= 4 is 23.4 Å². The Labute approximate surface area is 182 Å². The van der Waals surface area contributed by atoms with Gasteiger partial charge < -0.3 is 20.3 Å². The lowest BCUT2D eigenvalue weighted by Crippen LogP contribution is -2.54. The lowest BCUT2D eigenvalue weighted by molar-refractivity contribution is -0.138. The number of nitrogens with one attached hydrogen (secondary N) is 2. The van der Waals surface area contributed by atoms with Gasteiger partial charge in [0.2, 0.25) is 5.91 Å². The summed E-state index contributed by atoms with van der Waals surface area (Å²) in [5.41, 5.74) is 1.21. The van der Waals surface area contributed by atoms with Gasteiger partial charge >= 0.3 is 0 Å². The van der Waals surface area contributed by atoms with E-state index in [0.717, 1.165) is 6.42 Å². The fourth-order valence-electron chi connectivity index (χ4n) is 3.46. The summed E-state index contributed by atoms with van der Waals surface area (Å²) in [5.74, 6) is -0.832. The van der Waals surface area contributed by atoms with E-state index in [1.807, 2.05) is 19.9 Å². The molecule has 1 heterocycles. The van der Waals surface area contributed by atoms with Gasteiger partial charge in [0.25, 0.3) is 11.8 Å². The highest BCUT2D eigenvalue weighted by Crippen LogP contribution is 2.19. The molecule has 1 fully saturated rings. The van der Waals surface area contributed by atoms with Gasteiger partial charge in [0.05, 0.1) is 24.5 Å². The standard InChI is InChI=1S/C24H29N3O4/c1-3-17(2)21(24(30)27-13-15-31-16-14-27)26-23(29)19-11-7-8-12-20(19)25-22(28)18-9-5-4-6-10-18/h4-12,17,21H,3,13-16H2,1-2H3,(H,25,28)(H,26,29)/t17-,21+/m0/s1. The molecule has 1 aliphatic rings. The Bertz CT molecular complexity index is 910. The molecular formula is C24H29N3O4. The molecule has 0 aliphatic carbocycles. The predicted molar refractivity (Wildman–Crippen MR) is 119 cm³/mol. The van der Waals surface area contributed by atoms with E-state index in [1.54, 1.807) is 53.4 Å². The molecule has 0 saturated carbocycles. The summed E-state index contributed by atoms with van der Waals surface area (Å²) < 4.78 is 5.33. The van der Waals surface area contributed by atoms with Crippen molar-refractivity contribution in [1.29, 1.82) is 0 Å². The Kier molecular flexibility index (Phi) is 7.78. The number of hydrogen-bond acceptors (Lipinski definition) is 4. The molecule has 0 aromatic heterocycles. The molecule has 0 radical (unpaired) electrons. The predicted octanol–water partition coefficient (Wildman–Crippen LogP) is 2.94. The van der Waals surface area contributed by atoms with Crippen LogP contribution in [-0.4, -0.2) is 55.0 Å². The van der Waals surface area contributed by atoms with Crippen molar-refractivity contribution in [1.82, 2.24) is 10.2 Å². The highest BCUT2D eigenvalue weighted by atomic mass is 16.5. The maximum atomic E-state index is 13.1. The number of morpholine rings is 1. The smallest absolute Gasteiger partial charge is 0.255 e. The molecule has 1 aliphatic heterocycles. The molecular weight excluding hydrogens is 394 g/mol. The van der Waals surface area contributed by atoms with Crippen LogP contribution in [-0.2, 0) is 9.53 Å². The van der Waals surface area contributed by atoms with E-state index in [1.165, 1.54) is 0 Å². The van der Waals surface area contributed by atoms with Gasteiger partial charge in [-0.2, -0.15) is 0 Å². The number of para-hydroxylation sites is 1. The Balaban J connectivity index is 1.77. The summed E-state index contributed by atoms with van der Waals surface area (Å²) in [6.07, 6.45) is 0.743. The first-order chi connectivity index (χ1) is 15.0. The van der Waals surface area contributed by atoms with Crippen LogP contribution in [0.5, 0.6) is 0 Å². The fraction of sp³-hybridized carbons (Fsp3) is 0.375. The summed E-state index contributed by atoms with van der Waals surface area (Å²) in [5, 5.41) is 5.72. The zero-order valence-corrected chi connectivity index (χ0v) is 18.0. The van der Waals surface area contributed by atoms with Gasteiger partial charge in [-0.3, -0.25) is 14.4 Å². The number of rotatable bonds is 7. The maximum Gasteiger partial charge on any atom is 0.255 e. The van der Waals surface area contributed by atoms with Crippen LogP contribution in [0.25, 0.3) is 0 Å². The summed E-state index contributed by atoms with van der Waals surface area (Å²) in [6, 6.07) is 15.0. The topological polar surface area (TPSA) is 87.7 Å². The number of hydrogen-bond donors (Lipinski definition) is 2. The molecule has 2 aromatic rings. The van der Waals surface area contributed by atoms with Crippen LogP contribution in [0, 0.1) is 5.92 Å². The number of carbonyl (C=O) groups is 3. The Morgan fingerprint density at radius 3 is 2.29 bits per heavy atom. The lowest BCUT2D eigenvalue weighted by Gasteiger charge is -2.33. The van der Waals surface area contributed by atoms with Crippen molar-refractivity contribution in [2.75, 3.05) is 31.6 Å². The minimum absolute atomic E-state index is 0.0367. The summed E-state index contributed by atoms with van der Waals surface area (Å²) in [6.45, 7) is 5.98. The quantitative estimate of drug-likeness (QED) is 0.717. The van der Waals surface area contributed by atoms with E-state index in [2.05, 4.69) is 10.6 Å². The molecule has 1 saturated heterocycles. The number of amides is 3. The van der Waals surface area contributed by atoms with Crippen LogP contribution in [0.3, 0.4) is 0 Å². The van der Waals surface area contributed by atoms with E-state index < -0.39 is 11.9 Å². The van der Waals surface area contributed by atoms with E-state index >= 15 is 0 Å². The molecule has 2 atom stereocenters. The van der Waals surface area contributed by atoms with E-state index in [0.29, 0.717) is 43.1 Å². The highest BCUT2D eigenvalue weighted by Gasteiger charge is 2.31. The molecule has 0 spiro atoms. The summed E-state index contributed by atoms with van der Waals surface area (Å²) in [4.78, 5) is 40.5. The van der Waals surface area contributed by atoms with Crippen LogP contribution < -0.4 is 10.6 Å². The first-order valence-electron chi connectivity index (χ1n) is 10.6. The van der Waals surface area contributed by atoms with Gasteiger partial charge in [-0.05, 0) is 30.2 Å². The van der Waals surface area contributed by atoms with Crippen molar-refractivity contribution in [2.24, 2.45) is 5.92 Å². The summed E-state index contributed by atoms with van der Waals surface area (Å²) >= 11 is 0. The largest absolute Gasteiger partial charge is 0.378 e. The van der Waals surface area contributed by atoms with Gasteiger partial charge in [0.15, 0.2) is 0 Å². The minimum atomic E-state index is -0.645. The first-order valence-corrected chi connectivity index (χ1v) is 10.6. The monoisotopic (exact) mass is 423 g/mol. The van der Waals surface area contributed by atoms with Crippen molar-refractivity contribution in [3.63, 3.8) is 0 Å². The minimum Gasteiger partial charge on any atom is -0.378 e. The summed E-state index contributed by atoms with van der Waals surface area (Å²) in [7, 11) is 0. The number of carbonyl (C=O) groups excluding carboxylic acids is 3. The van der Waals surface area contributed by atoms with Gasteiger partial charge in [0.1, 0.15) is 6.04 Å². The normalized spacial score (nSPS) is 15.6. The number of ether oxygens (including phenoxy) is 1. The lowest BCUT2D eigenvalue weighted by atomic mass is 9.97. The molecule has 0 unspecified atom stereocenters. The molecule has 164 valence electrons. The Morgan fingerprint density at radius 2 is 1.61 bits per heavy atom. The van der Waals surface area contributed by atoms with Crippen molar-refractivity contribution < 1.29 is 19.1 Å². The van der Waals surface area contributed by atoms with Crippen LogP contribution in [0.15, 0.2) is 54.6 Å². The fourth-order valence-corrected chi connectivity index (χ4v) is 3.46. The number of anilines is 1. The number of nitrogens with zero attached hydrogens (tertiary/aromatic N) is 1. The average Bonchev–Trinajstić information content (AvgIpc) is 2.83. The van der Waals surface area contributed by atoms with Gasteiger partial charge in [-0.25, -0.2) is 0 Å². The van der Waals surface area contributed by atoms with Gasteiger partial charge in [-0.1, -0.05) is 50.6 Å². The van der Waals surface area contributed by atoms with Crippen LogP contribution in [0.2, 0.25) is 0 Å². The molecule has 31 heavy (non-hydrogen) atoms. The van der Waals surface area contributed by atoms with E-state index in [4.69, 9.17) is 4.74 Å². The molecule has 0 bridgehead atoms. The Morgan fingerprint density at radius 1 is 0.968 bits per heavy atom. The van der Waals surface area contributed by atoms with Crippen molar-refractivity contribution in [2.45, 2.75) is 26.3 Å². The second kappa shape index (κ2) is 10.7. The van der Waals surface area contributed by atoms with E-state index in [9.17, 15) is 14.4 Å². The molecule has 7 nitrogen and oxygen atoms in total. The SMILES string of the molecule is CC[C@H](C)[C@@H](NC(=O)c1ccccc1NC(=O)c1ccccc1)C(=O)N1CCOCC1. The second-order valence-electron chi connectivity index (χ2n) is 7.64. The first kappa shape index (κ1) is 22.5. The van der Waals surface area contributed by atoms with Crippen LogP contribution >= 0.6 is 0 Å². The molecule has 3 amide bonds. The third-order valence-corrected chi connectivity index (χ3v) is 5.54. The highest BCUT2D eigenvalue weighted by molar-refractivity contribution is 6.09. The van der Waals surface area contributed by atoms with Crippen molar-refractivity contribution in [3.8, 4) is 0 Å². The van der Waals surface area contributed by atoms with Crippen molar-refractivity contribution in [3.05, 3.63) is 65.7 Å². The van der Waals surface area contributed by atoms with Gasteiger partial charge in [0, 0.05) is 18.7 Å². The molecule has 2 aromatic carbocycles. The number of benzene rings is 2. The van der Waals surface area contributed by atoms with E-state index in [-0.39, 0.29) is 17.7 Å². The maximum absolute atomic E-state index is 13.1. The second-order valence-corrected chi connectivity index (χ2v) is 7.64. The zero-order chi connectivity index (χ0) is 22.2. The van der Waals surface area contributed by atoms with Crippen LogP contribution in [0.4, 0.5) is 5.69 Å².